The Morgan fingerprint density at radius 1 is 1.33 bits per heavy atom. The number of nitrogens with zero attached hydrogens (tertiary/aromatic N) is 1. The van der Waals surface area contributed by atoms with Gasteiger partial charge in [0.25, 0.3) is 11.6 Å². The van der Waals surface area contributed by atoms with Crippen molar-refractivity contribution in [2.75, 3.05) is 6.61 Å². The van der Waals surface area contributed by atoms with E-state index in [0.717, 1.165) is 24.3 Å². The Kier molecular flexibility index (Phi) is 3.94. The number of halogens is 2. The third kappa shape index (κ3) is 3.57. The molecule has 1 aliphatic rings. The third-order valence-electron chi connectivity index (χ3n) is 2.75. The lowest BCUT2D eigenvalue weighted by Crippen LogP contribution is -2.26. The largest absolute Gasteiger partial charge is 0.387 e. The minimum absolute atomic E-state index is 0.112. The molecule has 1 unspecified atom stereocenters. The lowest BCUT2D eigenvalue weighted by molar-refractivity contribution is -0.384. The van der Waals surface area contributed by atoms with E-state index >= 15 is 0 Å². The number of carbonyl (C=O) groups excluding carboxylic acids is 2. The first-order valence-electron chi connectivity index (χ1n) is 5.78. The van der Waals surface area contributed by atoms with Gasteiger partial charge in [-0.05, 0) is 12.1 Å². The molecule has 1 aromatic carbocycles. The quantitative estimate of drug-likeness (QED) is 0.365. The molecule has 0 aromatic heterocycles. The molecule has 0 N–H and O–H groups in total. The van der Waals surface area contributed by atoms with Crippen molar-refractivity contribution in [1.29, 1.82) is 0 Å². The third-order valence-corrected chi connectivity index (χ3v) is 2.75. The summed E-state index contributed by atoms with van der Waals surface area (Å²) in [7, 11) is 0. The number of non-ortho nitro benzene ring substituents is 1. The molecule has 1 aliphatic heterocycles. The van der Waals surface area contributed by atoms with E-state index < -0.39 is 41.9 Å². The molecule has 1 aromatic rings. The van der Waals surface area contributed by atoms with Gasteiger partial charge >= 0.3 is 11.9 Å². The van der Waals surface area contributed by atoms with E-state index in [1.807, 2.05) is 0 Å². The van der Waals surface area contributed by atoms with Crippen LogP contribution in [0.3, 0.4) is 0 Å². The van der Waals surface area contributed by atoms with Gasteiger partial charge in [-0.25, -0.2) is 18.4 Å². The molecular weight excluding hydrogens is 292 g/mol. The highest BCUT2D eigenvalue weighted by atomic mass is 19.3. The number of nitro groups is 1. The maximum Gasteiger partial charge on any atom is 0.345 e. The molecule has 0 amide bonds. The summed E-state index contributed by atoms with van der Waals surface area (Å²) in [4.78, 5) is 32.9. The van der Waals surface area contributed by atoms with Crippen molar-refractivity contribution in [1.82, 2.24) is 0 Å². The number of ether oxygens (including phenoxy) is 2. The maximum absolute atomic E-state index is 12.9. The average Bonchev–Trinajstić information content (AvgIpc) is 2.79. The van der Waals surface area contributed by atoms with Crippen LogP contribution in [0.25, 0.3) is 0 Å². The Bertz CT molecular complexity index is 586. The molecule has 0 radical (unpaired) electrons. The van der Waals surface area contributed by atoms with Gasteiger partial charge in [-0.2, -0.15) is 0 Å². The molecular formula is C12H9F2NO6. The number of hydrogen-bond acceptors (Lipinski definition) is 6. The number of carbonyl (C=O) groups is 2. The molecule has 0 bridgehead atoms. The fourth-order valence-electron chi connectivity index (χ4n) is 1.70. The zero-order valence-corrected chi connectivity index (χ0v) is 10.5. The van der Waals surface area contributed by atoms with Gasteiger partial charge in [0.15, 0.2) is 6.10 Å². The van der Waals surface area contributed by atoms with Crippen molar-refractivity contribution in [3.8, 4) is 0 Å². The van der Waals surface area contributed by atoms with E-state index in [1.54, 1.807) is 0 Å². The first kappa shape index (κ1) is 15.0. The Hall–Kier alpha value is -2.42. The molecule has 1 atom stereocenters. The van der Waals surface area contributed by atoms with E-state index in [1.165, 1.54) is 0 Å². The van der Waals surface area contributed by atoms with Crippen LogP contribution in [0.4, 0.5) is 14.5 Å². The second-order valence-electron chi connectivity index (χ2n) is 4.37. The van der Waals surface area contributed by atoms with Crippen molar-refractivity contribution in [3.05, 3.63) is 39.9 Å². The van der Waals surface area contributed by atoms with Gasteiger partial charge < -0.3 is 9.47 Å². The van der Waals surface area contributed by atoms with Gasteiger partial charge in [0.1, 0.15) is 6.61 Å². The summed E-state index contributed by atoms with van der Waals surface area (Å²) in [6.07, 6.45) is -2.35. The van der Waals surface area contributed by atoms with Crippen LogP contribution in [0.5, 0.6) is 0 Å². The lowest BCUT2D eigenvalue weighted by atomic mass is 10.2. The van der Waals surface area contributed by atoms with Gasteiger partial charge in [0.05, 0.1) is 16.9 Å². The van der Waals surface area contributed by atoms with Crippen LogP contribution < -0.4 is 0 Å². The van der Waals surface area contributed by atoms with Gasteiger partial charge in [0.2, 0.25) is 0 Å². The Labute approximate surface area is 116 Å². The molecule has 112 valence electrons. The molecule has 1 fully saturated rings. The summed E-state index contributed by atoms with van der Waals surface area (Å²) >= 11 is 0. The van der Waals surface area contributed by atoms with Crippen molar-refractivity contribution >= 4 is 17.6 Å². The van der Waals surface area contributed by atoms with E-state index in [4.69, 9.17) is 0 Å². The van der Waals surface area contributed by atoms with E-state index in [-0.39, 0.29) is 11.3 Å². The van der Waals surface area contributed by atoms with Gasteiger partial charge in [0, 0.05) is 12.1 Å². The monoisotopic (exact) mass is 301 g/mol. The first-order valence-corrected chi connectivity index (χ1v) is 5.78. The standard InChI is InChI=1S/C12H9F2NO6/c13-12(14)5-9(20-6-12)11(17)21-10(16)7-1-3-8(4-2-7)15(18)19/h1-4,9H,5-6H2. The molecule has 21 heavy (non-hydrogen) atoms. The molecule has 1 saturated heterocycles. The predicted octanol–water partition coefficient (Wildman–Crippen LogP) is 1.70. The number of hydrogen-bond donors (Lipinski definition) is 0. The Balaban J connectivity index is 1.98. The molecule has 0 aliphatic carbocycles. The van der Waals surface area contributed by atoms with Gasteiger partial charge in [-0.3, -0.25) is 10.1 Å². The van der Waals surface area contributed by atoms with Crippen LogP contribution in [0, 0.1) is 10.1 Å². The number of alkyl halides is 2. The highest BCUT2D eigenvalue weighted by molar-refractivity contribution is 5.98. The fourth-order valence-corrected chi connectivity index (χ4v) is 1.70. The van der Waals surface area contributed by atoms with Crippen LogP contribution in [-0.4, -0.2) is 35.5 Å². The predicted molar refractivity (Wildman–Crippen MR) is 62.8 cm³/mol. The SMILES string of the molecule is O=C(OC(=O)C1CC(F)(F)CO1)c1ccc([N+](=O)[O-])cc1. The van der Waals surface area contributed by atoms with Crippen molar-refractivity contribution in [2.24, 2.45) is 0 Å². The highest BCUT2D eigenvalue weighted by Gasteiger charge is 2.45. The van der Waals surface area contributed by atoms with Crippen LogP contribution >= 0.6 is 0 Å². The summed E-state index contributed by atoms with van der Waals surface area (Å²) in [6, 6.07) is 4.30. The number of benzene rings is 1. The van der Waals surface area contributed by atoms with E-state index in [2.05, 4.69) is 9.47 Å². The summed E-state index contributed by atoms with van der Waals surface area (Å²) in [5, 5.41) is 10.4. The molecule has 1 heterocycles. The molecule has 2 rings (SSSR count). The minimum atomic E-state index is -3.12. The number of rotatable bonds is 3. The lowest BCUT2D eigenvalue weighted by Gasteiger charge is -2.08. The van der Waals surface area contributed by atoms with Gasteiger partial charge in [-0.1, -0.05) is 0 Å². The Morgan fingerprint density at radius 2 is 1.95 bits per heavy atom. The van der Waals surface area contributed by atoms with E-state index in [0.29, 0.717) is 0 Å². The van der Waals surface area contributed by atoms with E-state index in [9.17, 15) is 28.5 Å². The fraction of sp³-hybridized carbons (Fsp3) is 0.333. The minimum Gasteiger partial charge on any atom is -0.387 e. The molecule has 0 spiro atoms. The topological polar surface area (TPSA) is 95.7 Å². The summed E-state index contributed by atoms with van der Waals surface area (Å²) in [6.45, 7) is -0.904. The molecule has 0 saturated carbocycles. The van der Waals surface area contributed by atoms with Crippen molar-refractivity contribution in [3.63, 3.8) is 0 Å². The van der Waals surface area contributed by atoms with Crippen LogP contribution in [0.1, 0.15) is 16.8 Å². The zero-order chi connectivity index (χ0) is 15.6. The first-order chi connectivity index (χ1) is 9.78. The molecule has 9 heteroatoms. The summed E-state index contributed by atoms with van der Waals surface area (Å²) < 4.78 is 34.7. The van der Waals surface area contributed by atoms with Crippen molar-refractivity contribution in [2.45, 2.75) is 18.4 Å². The van der Waals surface area contributed by atoms with Crippen LogP contribution in [0.15, 0.2) is 24.3 Å². The second kappa shape index (κ2) is 5.52. The number of esters is 2. The molecule has 7 nitrogen and oxygen atoms in total. The maximum atomic E-state index is 12.9. The smallest absolute Gasteiger partial charge is 0.345 e. The zero-order valence-electron chi connectivity index (χ0n) is 10.5. The normalized spacial score (nSPS) is 20.0. The highest BCUT2D eigenvalue weighted by Crippen LogP contribution is 2.30. The van der Waals surface area contributed by atoms with Crippen LogP contribution in [-0.2, 0) is 14.3 Å². The second-order valence-corrected chi connectivity index (χ2v) is 4.37. The number of nitro benzene ring substituents is 1. The Morgan fingerprint density at radius 3 is 2.43 bits per heavy atom. The van der Waals surface area contributed by atoms with Crippen LogP contribution in [0.2, 0.25) is 0 Å². The van der Waals surface area contributed by atoms with Gasteiger partial charge in [-0.15, -0.1) is 0 Å². The summed E-state index contributed by atoms with van der Waals surface area (Å²) in [5.74, 6) is -5.43. The van der Waals surface area contributed by atoms with Crippen molar-refractivity contribution < 1.29 is 32.8 Å². The summed E-state index contributed by atoms with van der Waals surface area (Å²) in [5.41, 5.74) is -0.352. The average molecular weight is 301 g/mol.